The van der Waals surface area contributed by atoms with Crippen molar-refractivity contribution in [3.8, 4) is 0 Å². The maximum absolute atomic E-state index is 13.4. The first-order valence-electron chi connectivity index (χ1n) is 5.59. The third-order valence-corrected chi connectivity index (χ3v) is 3.53. The van der Waals surface area contributed by atoms with Gasteiger partial charge in [-0.3, -0.25) is 10.1 Å². The summed E-state index contributed by atoms with van der Waals surface area (Å²) in [5, 5.41) is 23.7. The molecule has 0 aromatic heterocycles. The normalized spacial score (nSPS) is 22.5. The van der Waals surface area contributed by atoms with Gasteiger partial charge in [-0.25, -0.2) is 4.39 Å². The number of nitro benzene ring substituents is 1. The van der Waals surface area contributed by atoms with Crippen molar-refractivity contribution in [1.82, 2.24) is 0 Å². The quantitative estimate of drug-likeness (QED) is 0.650. The lowest BCUT2D eigenvalue weighted by Crippen LogP contribution is -2.37. The van der Waals surface area contributed by atoms with Crippen LogP contribution in [0.15, 0.2) is 16.6 Å². The molecule has 1 aromatic rings. The van der Waals surface area contributed by atoms with E-state index in [9.17, 15) is 19.6 Å². The van der Waals surface area contributed by atoms with Crippen LogP contribution in [0.3, 0.4) is 0 Å². The summed E-state index contributed by atoms with van der Waals surface area (Å²) in [5.41, 5.74) is -1.29. The Kier molecular flexibility index (Phi) is 4.02. The molecule has 1 saturated heterocycles. The van der Waals surface area contributed by atoms with Crippen LogP contribution in [0, 0.1) is 15.9 Å². The Morgan fingerprint density at radius 1 is 1.63 bits per heavy atom. The van der Waals surface area contributed by atoms with Crippen LogP contribution in [0.25, 0.3) is 0 Å². The van der Waals surface area contributed by atoms with Crippen LogP contribution < -0.4 is 5.32 Å². The zero-order valence-electron chi connectivity index (χ0n) is 9.86. The fourth-order valence-corrected chi connectivity index (χ4v) is 2.16. The molecular formula is C11H12BrFN2O4. The second-order valence-corrected chi connectivity index (χ2v) is 5.28. The molecule has 2 N–H and O–H groups in total. The summed E-state index contributed by atoms with van der Waals surface area (Å²) in [6.45, 7) is 0.663. The summed E-state index contributed by atoms with van der Waals surface area (Å²) in [5.74, 6) is -0.609. The minimum Gasteiger partial charge on any atom is -0.386 e. The maximum Gasteiger partial charge on any atom is 0.293 e. The smallest absolute Gasteiger partial charge is 0.293 e. The Bertz CT molecular complexity index is 506. The molecule has 0 saturated carbocycles. The molecular weight excluding hydrogens is 323 g/mol. The minimum absolute atomic E-state index is 0.0210. The summed E-state index contributed by atoms with van der Waals surface area (Å²) in [6, 6.07) is 2.12. The van der Waals surface area contributed by atoms with Crippen molar-refractivity contribution in [3.63, 3.8) is 0 Å². The van der Waals surface area contributed by atoms with Crippen LogP contribution in [0.4, 0.5) is 15.8 Å². The van der Waals surface area contributed by atoms with Gasteiger partial charge in [0, 0.05) is 31.7 Å². The number of anilines is 1. The molecule has 0 bridgehead atoms. The highest BCUT2D eigenvalue weighted by Crippen LogP contribution is 2.31. The first-order valence-corrected chi connectivity index (χ1v) is 6.38. The number of rotatable bonds is 4. The van der Waals surface area contributed by atoms with Gasteiger partial charge in [0.25, 0.3) is 5.69 Å². The van der Waals surface area contributed by atoms with Gasteiger partial charge in [-0.2, -0.15) is 0 Å². The van der Waals surface area contributed by atoms with E-state index < -0.39 is 16.3 Å². The zero-order valence-corrected chi connectivity index (χ0v) is 11.4. The molecule has 0 radical (unpaired) electrons. The highest BCUT2D eigenvalue weighted by atomic mass is 79.9. The third kappa shape index (κ3) is 3.20. The Morgan fingerprint density at radius 2 is 2.37 bits per heavy atom. The van der Waals surface area contributed by atoms with E-state index in [4.69, 9.17) is 4.74 Å². The van der Waals surface area contributed by atoms with Gasteiger partial charge in [-0.05, 0) is 15.9 Å². The molecule has 1 heterocycles. The zero-order chi connectivity index (χ0) is 14.0. The largest absolute Gasteiger partial charge is 0.386 e. The molecule has 1 aromatic carbocycles. The van der Waals surface area contributed by atoms with Crippen molar-refractivity contribution in [2.24, 2.45) is 0 Å². The topological polar surface area (TPSA) is 84.6 Å². The van der Waals surface area contributed by atoms with Crippen LogP contribution in [-0.4, -0.2) is 35.4 Å². The minimum atomic E-state index is -1.07. The van der Waals surface area contributed by atoms with Crippen molar-refractivity contribution >= 4 is 27.3 Å². The molecule has 0 spiro atoms. The lowest BCUT2D eigenvalue weighted by Gasteiger charge is -2.21. The van der Waals surface area contributed by atoms with Crippen molar-refractivity contribution in [1.29, 1.82) is 0 Å². The van der Waals surface area contributed by atoms with E-state index in [0.29, 0.717) is 13.0 Å². The Labute approximate surface area is 116 Å². The van der Waals surface area contributed by atoms with Gasteiger partial charge in [0.1, 0.15) is 17.1 Å². The summed E-state index contributed by atoms with van der Waals surface area (Å²) in [4.78, 5) is 10.3. The Hall–Kier alpha value is -1.25. The molecule has 2 rings (SSSR count). The number of hydrogen-bond donors (Lipinski definition) is 2. The van der Waals surface area contributed by atoms with Crippen molar-refractivity contribution in [2.75, 3.05) is 25.1 Å². The van der Waals surface area contributed by atoms with Crippen LogP contribution in [-0.2, 0) is 4.74 Å². The van der Waals surface area contributed by atoms with Crippen LogP contribution >= 0.6 is 15.9 Å². The van der Waals surface area contributed by atoms with Gasteiger partial charge in [-0.15, -0.1) is 0 Å². The fourth-order valence-electron chi connectivity index (χ4n) is 1.82. The molecule has 0 amide bonds. The highest BCUT2D eigenvalue weighted by Gasteiger charge is 2.32. The van der Waals surface area contributed by atoms with E-state index in [1.165, 1.54) is 0 Å². The van der Waals surface area contributed by atoms with Crippen molar-refractivity contribution in [2.45, 2.75) is 12.0 Å². The number of nitrogens with one attached hydrogen (secondary N) is 1. The molecule has 1 fully saturated rings. The number of benzene rings is 1. The van der Waals surface area contributed by atoms with E-state index >= 15 is 0 Å². The summed E-state index contributed by atoms with van der Waals surface area (Å²) < 4.78 is 18.5. The van der Waals surface area contributed by atoms with Gasteiger partial charge < -0.3 is 15.2 Å². The highest BCUT2D eigenvalue weighted by molar-refractivity contribution is 9.10. The van der Waals surface area contributed by atoms with Gasteiger partial charge in [0.15, 0.2) is 0 Å². The van der Waals surface area contributed by atoms with E-state index in [1.54, 1.807) is 0 Å². The van der Waals surface area contributed by atoms with Gasteiger partial charge in [0.2, 0.25) is 0 Å². The summed E-state index contributed by atoms with van der Waals surface area (Å²) in [7, 11) is 0. The second-order valence-electron chi connectivity index (χ2n) is 4.42. The van der Waals surface area contributed by atoms with Gasteiger partial charge in [-0.1, -0.05) is 0 Å². The number of ether oxygens (including phenoxy) is 1. The Morgan fingerprint density at radius 3 is 2.95 bits per heavy atom. The molecule has 1 aliphatic rings. The number of halogens is 2. The number of nitrogens with zero attached hydrogens (tertiary/aromatic N) is 1. The molecule has 104 valence electrons. The molecule has 1 unspecified atom stereocenters. The molecule has 1 atom stereocenters. The monoisotopic (exact) mass is 334 g/mol. The van der Waals surface area contributed by atoms with Crippen LogP contribution in [0.2, 0.25) is 0 Å². The fraction of sp³-hybridized carbons (Fsp3) is 0.455. The molecule has 6 nitrogen and oxygen atoms in total. The van der Waals surface area contributed by atoms with E-state index in [1.807, 2.05) is 0 Å². The second kappa shape index (κ2) is 5.40. The SMILES string of the molecule is O=[N+]([O-])c1cc(Br)c(F)cc1NCC1(O)CCOC1. The van der Waals surface area contributed by atoms with E-state index in [2.05, 4.69) is 21.2 Å². The molecule has 0 aliphatic carbocycles. The van der Waals surface area contributed by atoms with Crippen LogP contribution in [0.1, 0.15) is 6.42 Å². The lowest BCUT2D eigenvalue weighted by molar-refractivity contribution is -0.384. The summed E-state index contributed by atoms with van der Waals surface area (Å²) in [6.07, 6.45) is 0.437. The molecule has 19 heavy (non-hydrogen) atoms. The predicted octanol–water partition coefficient (Wildman–Crippen LogP) is 2.06. The third-order valence-electron chi connectivity index (χ3n) is 2.93. The first kappa shape index (κ1) is 14.2. The summed E-state index contributed by atoms with van der Waals surface area (Å²) >= 11 is 2.90. The number of aliphatic hydroxyl groups is 1. The standard InChI is InChI=1S/C11H12BrFN2O4/c12-7-3-10(15(17)18)9(4-8(7)13)14-5-11(16)1-2-19-6-11/h3-4,14,16H,1-2,5-6H2. The van der Waals surface area contributed by atoms with Gasteiger partial charge in [0.05, 0.1) is 16.0 Å². The molecule has 8 heteroatoms. The predicted molar refractivity (Wildman–Crippen MR) is 69.6 cm³/mol. The van der Waals surface area contributed by atoms with Crippen molar-refractivity contribution < 1.29 is 19.2 Å². The number of hydrogen-bond acceptors (Lipinski definition) is 5. The van der Waals surface area contributed by atoms with E-state index in [0.717, 1.165) is 12.1 Å². The average molecular weight is 335 g/mol. The van der Waals surface area contributed by atoms with Crippen molar-refractivity contribution in [3.05, 3.63) is 32.5 Å². The first-order chi connectivity index (χ1) is 8.91. The van der Waals surface area contributed by atoms with E-state index in [-0.39, 0.29) is 29.0 Å². The Balaban J connectivity index is 2.19. The lowest BCUT2D eigenvalue weighted by atomic mass is 10.0. The maximum atomic E-state index is 13.4. The number of nitro groups is 1. The average Bonchev–Trinajstić information content (AvgIpc) is 2.77. The van der Waals surface area contributed by atoms with Gasteiger partial charge >= 0.3 is 0 Å². The molecule has 1 aliphatic heterocycles. The van der Waals surface area contributed by atoms with Crippen LogP contribution in [0.5, 0.6) is 0 Å².